The average molecular weight is 631 g/mol. The maximum absolute atomic E-state index is 16.7. The largest absolute Gasteiger partial charge is 0.461 e. The molecule has 3 fully saturated rings. The third-order valence-corrected chi connectivity index (χ3v) is 9.49. The first kappa shape index (κ1) is 29.2. The molecule has 0 aliphatic carbocycles. The van der Waals surface area contributed by atoms with Crippen molar-refractivity contribution in [1.82, 2.24) is 25.2 Å². The van der Waals surface area contributed by atoms with Crippen LogP contribution >= 0.6 is 11.6 Å². The van der Waals surface area contributed by atoms with Gasteiger partial charge in [0.2, 0.25) is 0 Å². The summed E-state index contributed by atoms with van der Waals surface area (Å²) >= 11 is 6.53. The van der Waals surface area contributed by atoms with Crippen molar-refractivity contribution in [3.63, 3.8) is 0 Å². The first-order valence-corrected chi connectivity index (χ1v) is 15.1. The Morgan fingerprint density at radius 3 is 2.91 bits per heavy atom. The molecule has 0 radical (unpaired) electrons. The quantitative estimate of drug-likeness (QED) is 0.238. The molecular formula is C31H31ClF4N6O2. The van der Waals surface area contributed by atoms with Gasteiger partial charge in [-0.05, 0) is 55.9 Å². The molecule has 5 heterocycles. The van der Waals surface area contributed by atoms with Gasteiger partial charge in [0.15, 0.2) is 5.82 Å². The maximum Gasteiger partial charge on any atom is 0.387 e. The highest BCUT2D eigenvalue weighted by atomic mass is 35.5. The van der Waals surface area contributed by atoms with Gasteiger partial charge in [0, 0.05) is 54.8 Å². The van der Waals surface area contributed by atoms with E-state index >= 15 is 4.39 Å². The van der Waals surface area contributed by atoms with E-state index in [0.29, 0.717) is 40.0 Å². The van der Waals surface area contributed by atoms with Crippen molar-refractivity contribution in [3.05, 3.63) is 47.4 Å². The summed E-state index contributed by atoms with van der Waals surface area (Å²) in [5.41, 5.74) is -0.432. The summed E-state index contributed by atoms with van der Waals surface area (Å²) in [6.45, 7) is -0.152. The Labute approximate surface area is 256 Å². The molecule has 232 valence electrons. The van der Waals surface area contributed by atoms with Gasteiger partial charge in [-0.2, -0.15) is 18.7 Å². The predicted molar refractivity (Wildman–Crippen MR) is 160 cm³/mol. The second-order valence-electron chi connectivity index (χ2n) is 11.8. The minimum absolute atomic E-state index is 0.0254. The first-order valence-electron chi connectivity index (χ1n) is 14.7. The van der Waals surface area contributed by atoms with Gasteiger partial charge in [0.05, 0.1) is 10.9 Å². The minimum atomic E-state index is -3.08. The molecule has 3 saturated heterocycles. The number of ether oxygens (including phenoxy) is 2. The van der Waals surface area contributed by atoms with Gasteiger partial charge in [0.25, 0.3) is 0 Å². The monoisotopic (exact) mass is 630 g/mol. The summed E-state index contributed by atoms with van der Waals surface area (Å²) in [5.74, 6) is -0.491. The summed E-state index contributed by atoms with van der Waals surface area (Å²) < 4.78 is 68.3. The highest BCUT2D eigenvalue weighted by Crippen LogP contribution is 2.42. The molecule has 8 nitrogen and oxygen atoms in total. The number of nitrogens with zero attached hydrogens (tertiary/aromatic N) is 5. The van der Waals surface area contributed by atoms with Gasteiger partial charge in [0.1, 0.15) is 35.6 Å². The molecule has 0 spiro atoms. The second kappa shape index (κ2) is 11.5. The van der Waals surface area contributed by atoms with Crippen LogP contribution in [0.2, 0.25) is 5.02 Å². The van der Waals surface area contributed by atoms with E-state index in [2.05, 4.69) is 24.9 Å². The zero-order valence-corrected chi connectivity index (χ0v) is 24.8. The Balaban J connectivity index is 1.36. The lowest BCUT2D eigenvalue weighted by Crippen LogP contribution is -2.43. The molecule has 3 aliphatic heterocycles. The van der Waals surface area contributed by atoms with E-state index in [9.17, 15) is 13.2 Å². The molecule has 7 rings (SSSR count). The third kappa shape index (κ3) is 5.16. The van der Waals surface area contributed by atoms with Crippen LogP contribution < -0.4 is 19.7 Å². The molecule has 0 saturated carbocycles. The van der Waals surface area contributed by atoms with Crippen LogP contribution in [0.3, 0.4) is 0 Å². The summed E-state index contributed by atoms with van der Waals surface area (Å²) in [6, 6.07) is 7.77. The highest BCUT2D eigenvalue weighted by molar-refractivity contribution is 6.36. The number of likely N-dealkylation sites (N-methyl/N-ethyl adjacent to an activating group) is 1. The Morgan fingerprint density at radius 1 is 1.25 bits per heavy atom. The molecule has 2 aromatic carbocycles. The van der Waals surface area contributed by atoms with E-state index in [1.165, 1.54) is 18.3 Å². The number of hydrogen-bond donors (Lipinski definition) is 1. The molecule has 0 unspecified atom stereocenters. The van der Waals surface area contributed by atoms with Crippen molar-refractivity contribution < 1.29 is 27.0 Å². The fraction of sp³-hybridized carbons (Fsp3) is 0.452. The second-order valence-corrected chi connectivity index (χ2v) is 12.2. The Bertz CT molecular complexity index is 1720. The van der Waals surface area contributed by atoms with Crippen LogP contribution in [-0.2, 0) is 0 Å². The van der Waals surface area contributed by atoms with Crippen molar-refractivity contribution in [2.75, 3.05) is 44.7 Å². The first-order chi connectivity index (χ1) is 21.2. The van der Waals surface area contributed by atoms with Crippen LogP contribution in [0.5, 0.6) is 11.8 Å². The molecule has 3 aliphatic rings. The molecular weight excluding hydrogens is 600 g/mol. The maximum atomic E-state index is 16.7. The van der Waals surface area contributed by atoms with Gasteiger partial charge in [-0.1, -0.05) is 23.7 Å². The van der Waals surface area contributed by atoms with E-state index < -0.39 is 24.1 Å². The number of anilines is 1. The summed E-state index contributed by atoms with van der Waals surface area (Å²) in [5, 5.41) is 4.92. The Hall–Kier alpha value is -3.48. The topological polar surface area (TPSA) is 75.6 Å². The van der Waals surface area contributed by atoms with Crippen molar-refractivity contribution in [3.8, 4) is 23.0 Å². The Kier molecular flexibility index (Phi) is 7.62. The normalized spacial score (nSPS) is 23.6. The molecule has 2 aromatic heterocycles. The zero-order chi connectivity index (χ0) is 30.6. The van der Waals surface area contributed by atoms with Crippen LogP contribution in [0.15, 0.2) is 36.5 Å². The van der Waals surface area contributed by atoms with Crippen LogP contribution in [0.25, 0.3) is 32.9 Å². The average Bonchev–Trinajstić information content (AvgIpc) is 3.72. The van der Waals surface area contributed by atoms with Gasteiger partial charge in [-0.25, -0.2) is 8.78 Å². The number of alkyl halides is 3. The SMILES string of the molecule is CN(c1nc(OC[C@@]23CCCN2C[C@H](F)C3)nc2c(F)c(-c3cc(OC(F)F)cc4cccc(Cl)c34)ncc12)[C@@H]1CCNC1. The predicted octanol–water partition coefficient (Wildman–Crippen LogP) is 5.99. The van der Waals surface area contributed by atoms with Crippen molar-refractivity contribution in [1.29, 1.82) is 0 Å². The van der Waals surface area contributed by atoms with Crippen LogP contribution in [0.1, 0.15) is 25.7 Å². The molecule has 0 bridgehead atoms. The van der Waals surface area contributed by atoms with Crippen LogP contribution in [0, 0.1) is 5.82 Å². The van der Waals surface area contributed by atoms with Gasteiger partial charge < -0.3 is 19.7 Å². The molecule has 44 heavy (non-hydrogen) atoms. The minimum Gasteiger partial charge on any atom is -0.461 e. The van der Waals surface area contributed by atoms with Crippen molar-refractivity contribution in [2.45, 2.75) is 50.0 Å². The lowest BCUT2D eigenvalue weighted by atomic mass is 9.95. The standard InChI is InChI=1S/C31H31ClF4N6O2/c1-41(19-6-8-37-13-19)28-22-14-38-26(21-11-20(44-29(35)36)10-17-4-2-5-23(32)24(17)21)25(34)27(22)39-30(40-28)43-16-31-7-3-9-42(31)15-18(33)12-31/h2,4-5,10-11,14,18-19,29,37H,3,6-9,12-13,15-16H2,1H3/t18-,19-,31+/m1/s1. The summed E-state index contributed by atoms with van der Waals surface area (Å²) in [7, 11) is 1.88. The summed E-state index contributed by atoms with van der Waals surface area (Å²) in [4.78, 5) is 17.8. The van der Waals surface area contributed by atoms with Crippen LogP contribution in [0.4, 0.5) is 23.4 Å². The number of rotatable bonds is 8. The molecule has 1 N–H and O–H groups in total. The smallest absolute Gasteiger partial charge is 0.387 e. The number of pyridine rings is 1. The molecule has 4 aromatic rings. The van der Waals surface area contributed by atoms with Crippen molar-refractivity contribution >= 4 is 39.1 Å². The number of fused-ring (bicyclic) bond motifs is 3. The van der Waals surface area contributed by atoms with Crippen molar-refractivity contribution in [2.24, 2.45) is 0 Å². The lowest BCUT2D eigenvalue weighted by Gasteiger charge is -2.31. The van der Waals surface area contributed by atoms with Gasteiger partial charge >= 0.3 is 12.6 Å². The zero-order valence-electron chi connectivity index (χ0n) is 24.0. The van der Waals surface area contributed by atoms with Gasteiger partial charge in [-0.15, -0.1) is 0 Å². The van der Waals surface area contributed by atoms with Gasteiger partial charge in [-0.3, -0.25) is 9.88 Å². The fourth-order valence-corrected chi connectivity index (χ4v) is 7.33. The third-order valence-electron chi connectivity index (χ3n) is 9.17. The number of aromatic nitrogens is 3. The van der Waals surface area contributed by atoms with E-state index in [0.717, 1.165) is 38.9 Å². The molecule has 0 amide bonds. The number of nitrogens with one attached hydrogen (secondary N) is 1. The van der Waals surface area contributed by atoms with E-state index in [1.54, 1.807) is 18.2 Å². The van der Waals surface area contributed by atoms with E-state index in [4.69, 9.17) is 21.3 Å². The van der Waals surface area contributed by atoms with Crippen LogP contribution in [-0.4, -0.2) is 84.0 Å². The van der Waals surface area contributed by atoms with E-state index in [-0.39, 0.29) is 41.2 Å². The van der Waals surface area contributed by atoms with E-state index in [1.807, 2.05) is 11.9 Å². The Morgan fingerprint density at radius 2 is 2.11 bits per heavy atom. The fourth-order valence-electron chi connectivity index (χ4n) is 7.05. The lowest BCUT2D eigenvalue weighted by molar-refractivity contribution is -0.0497. The highest BCUT2D eigenvalue weighted by Gasteiger charge is 2.49. The number of benzene rings is 2. The molecule has 13 heteroatoms. The number of halogens is 5. The molecule has 3 atom stereocenters. The summed E-state index contributed by atoms with van der Waals surface area (Å²) in [6.07, 6.45) is 3.54. The number of hydrogen-bond acceptors (Lipinski definition) is 8.